The van der Waals surface area contributed by atoms with Crippen LogP contribution in [-0.4, -0.2) is 9.97 Å². The van der Waals surface area contributed by atoms with E-state index in [4.69, 9.17) is 0 Å². The molecule has 0 aliphatic carbocycles. The van der Waals surface area contributed by atoms with Crippen molar-refractivity contribution in [3.8, 4) is 0 Å². The Labute approximate surface area is 153 Å². The standard InChI is InChI=1S/C23H21N3/c1-16-12-19(14-24-13-16)26-23(18-8-4-3-5-9-18)17(2)21-15-25-22-11-7-6-10-20(21)22/h3-15,23,25-26H,2H2,1H3. The second kappa shape index (κ2) is 6.89. The first kappa shape index (κ1) is 16.2. The van der Waals surface area contributed by atoms with E-state index in [1.165, 1.54) is 10.9 Å². The summed E-state index contributed by atoms with van der Waals surface area (Å²) in [5.41, 5.74) is 6.55. The Bertz CT molecular complexity index is 1050. The van der Waals surface area contributed by atoms with Gasteiger partial charge in [-0.2, -0.15) is 0 Å². The van der Waals surface area contributed by atoms with Crippen LogP contribution >= 0.6 is 0 Å². The van der Waals surface area contributed by atoms with Crippen LogP contribution in [-0.2, 0) is 0 Å². The largest absolute Gasteiger partial charge is 0.373 e. The summed E-state index contributed by atoms with van der Waals surface area (Å²) in [6.07, 6.45) is 5.75. The van der Waals surface area contributed by atoms with Gasteiger partial charge in [0.1, 0.15) is 0 Å². The van der Waals surface area contributed by atoms with Crippen LogP contribution in [0.1, 0.15) is 22.7 Å². The van der Waals surface area contributed by atoms with Gasteiger partial charge in [0.25, 0.3) is 0 Å². The predicted molar refractivity (Wildman–Crippen MR) is 109 cm³/mol. The fourth-order valence-corrected chi connectivity index (χ4v) is 3.31. The van der Waals surface area contributed by atoms with Gasteiger partial charge in [0.15, 0.2) is 0 Å². The van der Waals surface area contributed by atoms with E-state index in [2.05, 4.69) is 70.4 Å². The molecule has 3 heteroatoms. The number of aromatic amines is 1. The van der Waals surface area contributed by atoms with Crippen LogP contribution in [0.25, 0.3) is 16.5 Å². The van der Waals surface area contributed by atoms with Crippen LogP contribution in [0.15, 0.2) is 85.8 Å². The van der Waals surface area contributed by atoms with Gasteiger partial charge in [-0.1, -0.05) is 55.1 Å². The summed E-state index contributed by atoms with van der Waals surface area (Å²) in [4.78, 5) is 7.65. The lowest BCUT2D eigenvalue weighted by molar-refractivity contribution is 1.00. The highest BCUT2D eigenvalue weighted by molar-refractivity contribution is 5.93. The minimum absolute atomic E-state index is 0.0426. The zero-order chi connectivity index (χ0) is 17.9. The van der Waals surface area contributed by atoms with E-state index < -0.39 is 0 Å². The maximum Gasteiger partial charge on any atom is 0.0768 e. The van der Waals surface area contributed by atoms with Crippen molar-refractivity contribution in [2.45, 2.75) is 13.0 Å². The van der Waals surface area contributed by atoms with Crippen molar-refractivity contribution in [1.29, 1.82) is 0 Å². The highest BCUT2D eigenvalue weighted by Gasteiger charge is 2.19. The minimum Gasteiger partial charge on any atom is -0.373 e. The van der Waals surface area contributed by atoms with E-state index >= 15 is 0 Å². The monoisotopic (exact) mass is 339 g/mol. The van der Waals surface area contributed by atoms with Crippen molar-refractivity contribution in [1.82, 2.24) is 9.97 Å². The number of aryl methyl sites for hydroxylation is 1. The molecule has 128 valence electrons. The molecule has 0 bridgehead atoms. The summed E-state index contributed by atoms with van der Waals surface area (Å²) in [6.45, 7) is 6.49. The molecule has 0 aliphatic heterocycles. The number of H-pyrrole nitrogens is 1. The molecular formula is C23H21N3. The number of hydrogen-bond acceptors (Lipinski definition) is 2. The van der Waals surface area contributed by atoms with E-state index in [0.717, 1.165) is 27.9 Å². The Balaban J connectivity index is 1.76. The van der Waals surface area contributed by atoms with E-state index in [-0.39, 0.29) is 6.04 Å². The Morgan fingerprint density at radius 3 is 2.62 bits per heavy atom. The number of nitrogens with zero attached hydrogens (tertiary/aromatic N) is 1. The third-order valence-corrected chi connectivity index (χ3v) is 4.60. The second-order valence-electron chi connectivity index (χ2n) is 6.51. The van der Waals surface area contributed by atoms with Crippen LogP contribution in [0.5, 0.6) is 0 Å². The highest BCUT2D eigenvalue weighted by Crippen LogP contribution is 2.35. The lowest BCUT2D eigenvalue weighted by atomic mass is 9.93. The topological polar surface area (TPSA) is 40.7 Å². The Kier molecular flexibility index (Phi) is 4.28. The lowest BCUT2D eigenvalue weighted by Gasteiger charge is -2.23. The number of benzene rings is 2. The molecular weight excluding hydrogens is 318 g/mol. The quantitative estimate of drug-likeness (QED) is 0.487. The average molecular weight is 339 g/mol. The van der Waals surface area contributed by atoms with Crippen molar-refractivity contribution in [2.75, 3.05) is 5.32 Å². The molecule has 2 aromatic heterocycles. The van der Waals surface area contributed by atoms with E-state index in [9.17, 15) is 0 Å². The van der Waals surface area contributed by atoms with Crippen molar-refractivity contribution in [2.24, 2.45) is 0 Å². The first-order valence-corrected chi connectivity index (χ1v) is 8.71. The van der Waals surface area contributed by atoms with Crippen molar-refractivity contribution < 1.29 is 0 Å². The van der Waals surface area contributed by atoms with Crippen LogP contribution in [0, 0.1) is 6.92 Å². The van der Waals surface area contributed by atoms with Crippen molar-refractivity contribution in [3.63, 3.8) is 0 Å². The summed E-state index contributed by atoms with van der Waals surface area (Å²) in [7, 11) is 0. The van der Waals surface area contributed by atoms with Gasteiger partial charge < -0.3 is 10.3 Å². The first-order valence-electron chi connectivity index (χ1n) is 8.71. The van der Waals surface area contributed by atoms with Gasteiger partial charge in [-0.05, 0) is 35.8 Å². The molecule has 2 aromatic carbocycles. The van der Waals surface area contributed by atoms with Crippen molar-refractivity contribution >= 4 is 22.2 Å². The summed E-state index contributed by atoms with van der Waals surface area (Å²) in [6, 6.07) is 20.8. The molecule has 0 saturated heterocycles. The normalized spacial score (nSPS) is 12.0. The van der Waals surface area contributed by atoms with E-state index in [1.54, 1.807) is 0 Å². The summed E-state index contributed by atoms with van der Waals surface area (Å²) < 4.78 is 0. The number of anilines is 1. The van der Waals surface area contributed by atoms with Crippen LogP contribution in [0.3, 0.4) is 0 Å². The number of rotatable bonds is 5. The molecule has 0 saturated carbocycles. The molecule has 0 aliphatic rings. The van der Waals surface area contributed by atoms with Gasteiger partial charge in [-0.25, -0.2) is 0 Å². The smallest absolute Gasteiger partial charge is 0.0768 e. The molecule has 4 rings (SSSR count). The fraction of sp³-hybridized carbons (Fsp3) is 0.0870. The molecule has 26 heavy (non-hydrogen) atoms. The number of aromatic nitrogens is 2. The Morgan fingerprint density at radius 2 is 1.81 bits per heavy atom. The number of para-hydroxylation sites is 1. The summed E-state index contributed by atoms with van der Waals surface area (Å²) in [5, 5.41) is 4.80. The van der Waals surface area contributed by atoms with E-state index in [0.29, 0.717) is 0 Å². The van der Waals surface area contributed by atoms with E-state index in [1.807, 2.05) is 37.6 Å². The van der Waals surface area contributed by atoms with Crippen molar-refractivity contribution in [3.05, 3.63) is 103 Å². The predicted octanol–water partition coefficient (Wildman–Crippen LogP) is 5.74. The molecule has 2 N–H and O–H groups in total. The first-order chi connectivity index (χ1) is 12.7. The number of pyridine rings is 1. The second-order valence-corrected chi connectivity index (χ2v) is 6.51. The maximum atomic E-state index is 4.44. The highest BCUT2D eigenvalue weighted by atomic mass is 14.9. The molecule has 4 aromatic rings. The summed E-state index contributed by atoms with van der Waals surface area (Å²) in [5.74, 6) is 0. The Morgan fingerprint density at radius 1 is 1.04 bits per heavy atom. The van der Waals surface area contributed by atoms with Gasteiger partial charge in [-0.3, -0.25) is 4.98 Å². The van der Waals surface area contributed by atoms with Crippen LogP contribution in [0.4, 0.5) is 5.69 Å². The number of hydrogen-bond donors (Lipinski definition) is 2. The molecule has 0 spiro atoms. The lowest BCUT2D eigenvalue weighted by Crippen LogP contribution is -2.12. The third-order valence-electron chi connectivity index (χ3n) is 4.60. The molecule has 2 heterocycles. The SMILES string of the molecule is C=C(c1c[nH]c2ccccc12)C(Nc1cncc(C)c1)c1ccccc1. The third kappa shape index (κ3) is 3.11. The summed E-state index contributed by atoms with van der Waals surface area (Å²) >= 11 is 0. The molecule has 0 fully saturated rings. The molecule has 0 amide bonds. The molecule has 1 unspecified atom stereocenters. The molecule has 3 nitrogen and oxygen atoms in total. The number of fused-ring (bicyclic) bond motifs is 1. The Hall–Kier alpha value is -3.33. The van der Waals surface area contributed by atoms with Gasteiger partial charge in [0.05, 0.1) is 11.7 Å². The minimum atomic E-state index is -0.0426. The van der Waals surface area contributed by atoms with Crippen LogP contribution < -0.4 is 5.32 Å². The molecule has 0 radical (unpaired) electrons. The molecule has 1 atom stereocenters. The zero-order valence-corrected chi connectivity index (χ0v) is 14.7. The van der Waals surface area contributed by atoms with Gasteiger partial charge >= 0.3 is 0 Å². The average Bonchev–Trinajstić information content (AvgIpc) is 3.10. The number of nitrogens with one attached hydrogen (secondary N) is 2. The zero-order valence-electron chi connectivity index (χ0n) is 14.7. The van der Waals surface area contributed by atoms with Gasteiger partial charge in [-0.15, -0.1) is 0 Å². The van der Waals surface area contributed by atoms with Gasteiger partial charge in [0.2, 0.25) is 0 Å². The van der Waals surface area contributed by atoms with Crippen LogP contribution in [0.2, 0.25) is 0 Å². The van der Waals surface area contributed by atoms with Gasteiger partial charge in [0, 0.05) is 35.1 Å². The fourth-order valence-electron chi connectivity index (χ4n) is 3.31. The maximum absolute atomic E-state index is 4.44.